The van der Waals surface area contributed by atoms with Gasteiger partial charge in [-0.15, -0.1) is 0 Å². The SMILES string of the molecule is N#Cc1c(-c2ccccc2)cc(-c2ccccc2)nc1-c1ccc(-c2ccccc2)cc1. The molecule has 0 saturated carbocycles. The average molecular weight is 409 g/mol. The van der Waals surface area contributed by atoms with Gasteiger partial charge in [-0.1, -0.05) is 115 Å². The maximum atomic E-state index is 10.1. The summed E-state index contributed by atoms with van der Waals surface area (Å²) in [6.07, 6.45) is 0. The number of pyridine rings is 1. The van der Waals surface area contributed by atoms with Crippen LogP contribution in [0.4, 0.5) is 0 Å². The monoisotopic (exact) mass is 408 g/mol. The Morgan fingerprint density at radius 3 is 1.53 bits per heavy atom. The molecule has 5 rings (SSSR count). The normalized spacial score (nSPS) is 10.5. The Labute approximate surface area is 188 Å². The number of hydrogen-bond acceptors (Lipinski definition) is 2. The van der Waals surface area contributed by atoms with Crippen molar-refractivity contribution in [3.63, 3.8) is 0 Å². The summed E-state index contributed by atoms with van der Waals surface area (Å²) in [7, 11) is 0. The molecule has 32 heavy (non-hydrogen) atoms. The molecule has 2 heteroatoms. The van der Waals surface area contributed by atoms with E-state index >= 15 is 0 Å². The first kappa shape index (κ1) is 19.5. The zero-order valence-corrected chi connectivity index (χ0v) is 17.4. The lowest BCUT2D eigenvalue weighted by molar-refractivity contribution is 1.30. The molecule has 0 unspecified atom stereocenters. The zero-order chi connectivity index (χ0) is 21.8. The number of nitrogens with zero attached hydrogens (tertiary/aromatic N) is 2. The minimum absolute atomic E-state index is 0.586. The van der Waals surface area contributed by atoms with Gasteiger partial charge in [-0.25, -0.2) is 4.98 Å². The predicted octanol–water partition coefficient (Wildman–Crippen LogP) is 7.62. The van der Waals surface area contributed by atoms with Crippen LogP contribution in [-0.2, 0) is 0 Å². The third-order valence-corrected chi connectivity index (χ3v) is 5.55. The Bertz CT molecular complexity index is 1380. The van der Waals surface area contributed by atoms with E-state index in [-0.39, 0.29) is 0 Å². The number of nitriles is 1. The van der Waals surface area contributed by atoms with Crippen LogP contribution in [0.3, 0.4) is 0 Å². The van der Waals surface area contributed by atoms with Crippen molar-refractivity contribution in [2.24, 2.45) is 0 Å². The molecule has 0 saturated heterocycles. The van der Waals surface area contributed by atoms with Gasteiger partial charge < -0.3 is 0 Å². The van der Waals surface area contributed by atoms with Gasteiger partial charge in [-0.2, -0.15) is 5.26 Å². The van der Waals surface area contributed by atoms with Crippen LogP contribution in [0.2, 0.25) is 0 Å². The van der Waals surface area contributed by atoms with Gasteiger partial charge in [0, 0.05) is 16.7 Å². The second-order valence-corrected chi connectivity index (χ2v) is 7.57. The molecule has 5 aromatic rings. The van der Waals surface area contributed by atoms with Gasteiger partial charge in [-0.3, -0.25) is 0 Å². The van der Waals surface area contributed by atoms with Gasteiger partial charge >= 0.3 is 0 Å². The maximum Gasteiger partial charge on any atom is 0.102 e. The summed E-state index contributed by atoms with van der Waals surface area (Å²) in [4.78, 5) is 4.95. The van der Waals surface area contributed by atoms with Crippen LogP contribution in [0.1, 0.15) is 5.56 Å². The lowest BCUT2D eigenvalue weighted by Gasteiger charge is -2.13. The van der Waals surface area contributed by atoms with Crippen molar-refractivity contribution in [1.82, 2.24) is 4.98 Å². The van der Waals surface area contributed by atoms with Gasteiger partial charge in [0.25, 0.3) is 0 Å². The van der Waals surface area contributed by atoms with Crippen LogP contribution >= 0.6 is 0 Å². The number of rotatable bonds is 4. The van der Waals surface area contributed by atoms with E-state index in [2.05, 4.69) is 42.5 Å². The molecule has 0 aliphatic rings. The highest BCUT2D eigenvalue weighted by atomic mass is 14.7. The van der Waals surface area contributed by atoms with E-state index in [9.17, 15) is 5.26 Å². The molecule has 0 amide bonds. The highest BCUT2D eigenvalue weighted by molar-refractivity contribution is 5.84. The van der Waals surface area contributed by atoms with Gasteiger partial charge in [-0.05, 0) is 22.8 Å². The summed E-state index contributed by atoms with van der Waals surface area (Å²) in [5, 5.41) is 10.1. The smallest absolute Gasteiger partial charge is 0.102 e. The molecule has 0 radical (unpaired) electrons. The van der Waals surface area contributed by atoms with Crippen molar-refractivity contribution in [1.29, 1.82) is 5.26 Å². The van der Waals surface area contributed by atoms with E-state index in [4.69, 9.17) is 4.98 Å². The van der Waals surface area contributed by atoms with Gasteiger partial charge in [0.2, 0.25) is 0 Å². The highest BCUT2D eigenvalue weighted by Crippen LogP contribution is 2.35. The lowest BCUT2D eigenvalue weighted by Crippen LogP contribution is -1.97. The van der Waals surface area contributed by atoms with Crippen LogP contribution in [-0.4, -0.2) is 4.98 Å². The quantitative estimate of drug-likeness (QED) is 0.307. The van der Waals surface area contributed by atoms with Crippen molar-refractivity contribution in [3.8, 4) is 50.8 Å². The molecular formula is C30H20N2. The maximum absolute atomic E-state index is 10.1. The molecule has 1 aromatic heterocycles. The fourth-order valence-corrected chi connectivity index (χ4v) is 3.92. The van der Waals surface area contributed by atoms with Crippen molar-refractivity contribution in [3.05, 3.63) is 127 Å². The summed E-state index contributed by atoms with van der Waals surface area (Å²) < 4.78 is 0. The van der Waals surface area contributed by atoms with E-state index in [1.165, 1.54) is 0 Å². The van der Waals surface area contributed by atoms with Crippen molar-refractivity contribution < 1.29 is 0 Å². The second kappa shape index (κ2) is 8.71. The van der Waals surface area contributed by atoms with E-state index < -0.39 is 0 Å². The summed E-state index contributed by atoms with van der Waals surface area (Å²) in [5.41, 5.74) is 8.29. The van der Waals surface area contributed by atoms with E-state index in [1.54, 1.807) is 0 Å². The summed E-state index contributed by atoms with van der Waals surface area (Å²) >= 11 is 0. The molecule has 0 spiro atoms. The van der Waals surface area contributed by atoms with Gasteiger partial charge in [0.1, 0.15) is 6.07 Å². The molecule has 0 aliphatic heterocycles. The molecule has 0 fully saturated rings. The summed E-state index contributed by atoms with van der Waals surface area (Å²) in [6, 6.07) is 43.1. The topological polar surface area (TPSA) is 36.7 Å². The predicted molar refractivity (Wildman–Crippen MR) is 131 cm³/mol. The van der Waals surface area contributed by atoms with Crippen molar-refractivity contribution in [2.45, 2.75) is 0 Å². The number of benzene rings is 4. The standard InChI is InChI=1S/C30H20N2/c31-21-28-27(24-12-6-2-7-13-24)20-29(25-14-8-3-9-15-25)32-30(28)26-18-16-23(17-19-26)22-10-4-1-5-11-22/h1-20H. The molecule has 2 nitrogen and oxygen atoms in total. The first-order chi connectivity index (χ1) is 15.8. The Hall–Kier alpha value is -4.48. The molecule has 150 valence electrons. The minimum atomic E-state index is 0.586. The Morgan fingerprint density at radius 1 is 0.500 bits per heavy atom. The zero-order valence-electron chi connectivity index (χ0n) is 17.4. The van der Waals surface area contributed by atoms with Crippen LogP contribution in [0.25, 0.3) is 44.8 Å². The van der Waals surface area contributed by atoms with Crippen LogP contribution in [0, 0.1) is 11.3 Å². The fraction of sp³-hybridized carbons (Fsp3) is 0. The van der Waals surface area contributed by atoms with E-state index in [0.29, 0.717) is 11.3 Å². The number of hydrogen-bond donors (Lipinski definition) is 0. The summed E-state index contributed by atoms with van der Waals surface area (Å²) in [6.45, 7) is 0. The van der Waals surface area contributed by atoms with Crippen LogP contribution in [0.15, 0.2) is 121 Å². The Kier molecular flexibility index (Phi) is 5.31. The lowest BCUT2D eigenvalue weighted by atomic mass is 9.93. The molecule has 0 atom stereocenters. The van der Waals surface area contributed by atoms with E-state index in [0.717, 1.165) is 39.1 Å². The molecular weight excluding hydrogens is 388 g/mol. The highest BCUT2D eigenvalue weighted by Gasteiger charge is 2.16. The minimum Gasteiger partial charge on any atom is -0.246 e. The van der Waals surface area contributed by atoms with Gasteiger partial charge in [0.15, 0.2) is 0 Å². The molecule has 4 aromatic carbocycles. The van der Waals surface area contributed by atoms with Gasteiger partial charge in [0.05, 0.1) is 17.0 Å². The second-order valence-electron chi connectivity index (χ2n) is 7.57. The summed E-state index contributed by atoms with van der Waals surface area (Å²) in [5.74, 6) is 0. The fourth-order valence-electron chi connectivity index (χ4n) is 3.92. The van der Waals surface area contributed by atoms with Crippen molar-refractivity contribution >= 4 is 0 Å². The van der Waals surface area contributed by atoms with Crippen molar-refractivity contribution in [2.75, 3.05) is 0 Å². The van der Waals surface area contributed by atoms with Crippen LogP contribution in [0.5, 0.6) is 0 Å². The Balaban J connectivity index is 1.70. The van der Waals surface area contributed by atoms with Crippen LogP contribution < -0.4 is 0 Å². The first-order valence-corrected chi connectivity index (χ1v) is 10.6. The molecule has 1 heterocycles. The largest absolute Gasteiger partial charge is 0.246 e. The third kappa shape index (κ3) is 3.80. The average Bonchev–Trinajstić information content (AvgIpc) is 2.89. The van der Waals surface area contributed by atoms with E-state index in [1.807, 2.05) is 84.9 Å². The first-order valence-electron chi connectivity index (χ1n) is 10.6. The molecule has 0 N–H and O–H groups in total. The molecule has 0 bridgehead atoms. The third-order valence-electron chi connectivity index (χ3n) is 5.55. The number of aromatic nitrogens is 1. The Morgan fingerprint density at radius 2 is 0.969 bits per heavy atom. The molecule has 0 aliphatic carbocycles.